The molecular formula is C26H32FN3O3. The quantitative estimate of drug-likeness (QED) is 0.696. The van der Waals surface area contributed by atoms with Gasteiger partial charge in [-0.1, -0.05) is 17.7 Å². The number of likely N-dealkylation sites (tertiary alicyclic amines) is 1. The first-order valence-corrected chi connectivity index (χ1v) is 11.5. The number of likely N-dealkylation sites (N-methyl/N-ethyl adjacent to an activating group) is 1. The Hall–Kier alpha value is -3.22. The Morgan fingerprint density at radius 2 is 1.52 bits per heavy atom. The van der Waals surface area contributed by atoms with Crippen molar-refractivity contribution < 1.29 is 18.8 Å². The molecule has 1 aliphatic heterocycles. The van der Waals surface area contributed by atoms with E-state index in [9.17, 15) is 18.8 Å². The first-order chi connectivity index (χ1) is 15.8. The molecule has 3 rings (SSSR count). The maximum atomic E-state index is 13.3. The van der Waals surface area contributed by atoms with Crippen LogP contribution in [0.15, 0.2) is 48.5 Å². The fourth-order valence-electron chi connectivity index (χ4n) is 4.25. The molecule has 0 spiro atoms. The van der Waals surface area contributed by atoms with Gasteiger partial charge < -0.3 is 15.1 Å². The second kappa shape index (κ2) is 11.1. The maximum absolute atomic E-state index is 13.3. The van der Waals surface area contributed by atoms with Crippen LogP contribution >= 0.6 is 0 Å². The number of rotatable bonds is 7. The van der Waals surface area contributed by atoms with Gasteiger partial charge in [0.05, 0.1) is 0 Å². The molecule has 1 saturated heterocycles. The lowest BCUT2D eigenvalue weighted by atomic mass is 9.87. The molecule has 33 heavy (non-hydrogen) atoms. The molecule has 1 heterocycles. The molecule has 0 radical (unpaired) electrons. The van der Waals surface area contributed by atoms with E-state index < -0.39 is 6.04 Å². The smallest absolute Gasteiger partial charge is 0.253 e. The number of piperidine rings is 1. The number of halogens is 1. The highest BCUT2D eigenvalue weighted by Crippen LogP contribution is 2.24. The van der Waals surface area contributed by atoms with Gasteiger partial charge in [0, 0.05) is 37.3 Å². The van der Waals surface area contributed by atoms with Crippen LogP contribution in [0.1, 0.15) is 53.0 Å². The molecule has 0 bridgehead atoms. The Balaban J connectivity index is 1.72. The number of benzene rings is 2. The number of carbonyl (C=O) groups excluding carboxylic acids is 3. The van der Waals surface area contributed by atoms with Crippen LogP contribution in [0.2, 0.25) is 0 Å². The number of amides is 3. The molecule has 1 unspecified atom stereocenters. The minimum Gasteiger partial charge on any atom is -0.341 e. The van der Waals surface area contributed by atoms with E-state index in [-0.39, 0.29) is 29.5 Å². The van der Waals surface area contributed by atoms with Crippen LogP contribution in [0.5, 0.6) is 0 Å². The molecule has 1 N–H and O–H groups in total. The van der Waals surface area contributed by atoms with Crippen molar-refractivity contribution in [2.24, 2.45) is 5.92 Å². The van der Waals surface area contributed by atoms with E-state index in [0.717, 1.165) is 5.56 Å². The van der Waals surface area contributed by atoms with Crippen molar-refractivity contribution in [3.8, 4) is 0 Å². The second-order valence-electron chi connectivity index (χ2n) is 8.46. The highest BCUT2D eigenvalue weighted by atomic mass is 19.1. The zero-order chi connectivity index (χ0) is 24.0. The van der Waals surface area contributed by atoms with Crippen LogP contribution < -0.4 is 5.32 Å². The maximum Gasteiger partial charge on any atom is 0.253 e. The fraction of sp³-hybridized carbons (Fsp3) is 0.423. The average Bonchev–Trinajstić information content (AvgIpc) is 2.83. The lowest BCUT2D eigenvalue weighted by Crippen LogP contribution is -2.54. The Morgan fingerprint density at radius 3 is 2.06 bits per heavy atom. The summed E-state index contributed by atoms with van der Waals surface area (Å²) in [7, 11) is 0. The zero-order valence-corrected chi connectivity index (χ0v) is 19.5. The summed E-state index contributed by atoms with van der Waals surface area (Å²) >= 11 is 0. The Bertz CT molecular complexity index is 963. The van der Waals surface area contributed by atoms with Crippen molar-refractivity contribution in [2.75, 3.05) is 26.2 Å². The SMILES string of the molecule is CCN(CC)C(=O)C(NC(=O)c1ccc(C)cc1)C1CCN(C(=O)c2ccc(F)cc2)CC1. The number of carbonyl (C=O) groups is 3. The van der Waals surface area contributed by atoms with E-state index in [4.69, 9.17) is 0 Å². The van der Waals surface area contributed by atoms with Crippen molar-refractivity contribution in [1.29, 1.82) is 0 Å². The lowest BCUT2D eigenvalue weighted by molar-refractivity contribution is -0.134. The van der Waals surface area contributed by atoms with Crippen LogP contribution in [0.3, 0.4) is 0 Å². The fourth-order valence-corrected chi connectivity index (χ4v) is 4.25. The van der Waals surface area contributed by atoms with Gasteiger partial charge in [0.2, 0.25) is 5.91 Å². The van der Waals surface area contributed by atoms with Crippen molar-refractivity contribution in [2.45, 2.75) is 39.7 Å². The van der Waals surface area contributed by atoms with Crippen molar-refractivity contribution in [3.05, 3.63) is 71.0 Å². The summed E-state index contributed by atoms with van der Waals surface area (Å²) in [6.07, 6.45) is 1.19. The molecule has 0 aliphatic carbocycles. The van der Waals surface area contributed by atoms with Gasteiger partial charge in [0.15, 0.2) is 0 Å². The summed E-state index contributed by atoms with van der Waals surface area (Å²) in [5, 5.41) is 2.98. The molecule has 3 amide bonds. The Morgan fingerprint density at radius 1 is 0.970 bits per heavy atom. The van der Waals surface area contributed by atoms with E-state index in [1.807, 2.05) is 32.9 Å². The molecule has 6 nitrogen and oxygen atoms in total. The minimum absolute atomic E-state index is 0.0789. The van der Waals surface area contributed by atoms with E-state index in [1.165, 1.54) is 24.3 Å². The van der Waals surface area contributed by atoms with Crippen LogP contribution in [0.4, 0.5) is 4.39 Å². The minimum atomic E-state index is -0.651. The first kappa shape index (κ1) is 24.4. The average molecular weight is 454 g/mol. The van der Waals surface area contributed by atoms with Crippen LogP contribution in [0, 0.1) is 18.7 Å². The van der Waals surface area contributed by atoms with Gasteiger partial charge in [-0.15, -0.1) is 0 Å². The number of nitrogens with zero attached hydrogens (tertiary/aromatic N) is 2. The van der Waals surface area contributed by atoms with Crippen molar-refractivity contribution >= 4 is 17.7 Å². The molecule has 2 aromatic carbocycles. The van der Waals surface area contributed by atoms with Gasteiger partial charge in [-0.25, -0.2) is 4.39 Å². The standard InChI is InChI=1S/C26H32FN3O3/c1-4-29(5-2)26(33)23(28-24(31)20-8-6-18(3)7-9-20)19-14-16-30(17-15-19)25(32)21-10-12-22(27)13-11-21/h6-13,19,23H,4-5,14-17H2,1-3H3,(H,28,31). The highest BCUT2D eigenvalue weighted by Gasteiger charge is 2.35. The molecule has 1 aliphatic rings. The number of nitrogens with one attached hydrogen (secondary N) is 1. The van der Waals surface area contributed by atoms with Crippen LogP contribution in [-0.4, -0.2) is 59.7 Å². The lowest BCUT2D eigenvalue weighted by Gasteiger charge is -2.37. The molecule has 176 valence electrons. The third kappa shape index (κ3) is 5.97. The van der Waals surface area contributed by atoms with Gasteiger partial charge in [-0.3, -0.25) is 14.4 Å². The molecule has 0 saturated carbocycles. The zero-order valence-electron chi connectivity index (χ0n) is 19.5. The van der Waals surface area contributed by atoms with Crippen LogP contribution in [-0.2, 0) is 4.79 Å². The highest BCUT2D eigenvalue weighted by molar-refractivity contribution is 5.98. The summed E-state index contributed by atoms with van der Waals surface area (Å²) in [5.41, 5.74) is 2.01. The number of hydrogen-bond acceptors (Lipinski definition) is 3. The van der Waals surface area contributed by atoms with E-state index >= 15 is 0 Å². The number of aryl methyl sites for hydroxylation is 1. The van der Waals surface area contributed by atoms with E-state index in [1.54, 1.807) is 21.9 Å². The summed E-state index contributed by atoms with van der Waals surface area (Å²) in [4.78, 5) is 42.4. The first-order valence-electron chi connectivity index (χ1n) is 11.5. The summed E-state index contributed by atoms with van der Waals surface area (Å²) < 4.78 is 13.2. The van der Waals surface area contributed by atoms with Crippen molar-refractivity contribution in [1.82, 2.24) is 15.1 Å². The second-order valence-corrected chi connectivity index (χ2v) is 8.46. The third-order valence-corrected chi connectivity index (χ3v) is 6.33. The van der Waals surface area contributed by atoms with E-state index in [0.29, 0.717) is 50.1 Å². The molecular weight excluding hydrogens is 421 g/mol. The summed E-state index contributed by atoms with van der Waals surface area (Å²) in [6, 6.07) is 12.1. The third-order valence-electron chi connectivity index (χ3n) is 6.33. The monoisotopic (exact) mass is 453 g/mol. The summed E-state index contributed by atoms with van der Waals surface area (Å²) in [6.45, 7) is 7.87. The Kier molecular flexibility index (Phi) is 8.20. The molecule has 1 atom stereocenters. The van der Waals surface area contributed by atoms with Gasteiger partial charge in [-0.05, 0) is 75.9 Å². The molecule has 7 heteroatoms. The topological polar surface area (TPSA) is 69.7 Å². The largest absolute Gasteiger partial charge is 0.341 e. The molecule has 2 aromatic rings. The van der Waals surface area contributed by atoms with Gasteiger partial charge >= 0.3 is 0 Å². The van der Waals surface area contributed by atoms with Crippen LogP contribution in [0.25, 0.3) is 0 Å². The predicted octanol–water partition coefficient (Wildman–Crippen LogP) is 3.65. The van der Waals surface area contributed by atoms with Gasteiger partial charge in [0.1, 0.15) is 11.9 Å². The number of hydrogen-bond donors (Lipinski definition) is 1. The molecule has 0 aromatic heterocycles. The molecule has 1 fully saturated rings. The normalized spacial score (nSPS) is 15.1. The van der Waals surface area contributed by atoms with Gasteiger partial charge in [0.25, 0.3) is 11.8 Å². The van der Waals surface area contributed by atoms with Crippen molar-refractivity contribution in [3.63, 3.8) is 0 Å². The Labute approximate surface area is 194 Å². The van der Waals surface area contributed by atoms with E-state index in [2.05, 4.69) is 5.32 Å². The summed E-state index contributed by atoms with van der Waals surface area (Å²) in [5.74, 6) is -0.977. The predicted molar refractivity (Wildman–Crippen MR) is 125 cm³/mol. The van der Waals surface area contributed by atoms with Gasteiger partial charge in [-0.2, -0.15) is 0 Å².